The minimum atomic E-state index is -3.78. The molecular weight excluding hydrogens is 379 g/mol. The number of piperazine rings is 1. The van der Waals surface area contributed by atoms with Crippen LogP contribution in [-0.4, -0.2) is 49.7 Å². The van der Waals surface area contributed by atoms with Gasteiger partial charge in [-0.15, -0.1) is 0 Å². The third-order valence-corrected chi connectivity index (χ3v) is 6.50. The van der Waals surface area contributed by atoms with Gasteiger partial charge >= 0.3 is 0 Å². The summed E-state index contributed by atoms with van der Waals surface area (Å²) < 4.78 is 39.9. The summed E-state index contributed by atoms with van der Waals surface area (Å²) in [5.74, 6) is -0.783. The number of aryl methyl sites for hydroxylation is 1. The average molecular weight is 397 g/mol. The average Bonchev–Trinajstić information content (AvgIpc) is 2.63. The van der Waals surface area contributed by atoms with Crippen molar-refractivity contribution in [3.05, 3.63) is 64.4 Å². The molecule has 0 unspecified atom stereocenters. The van der Waals surface area contributed by atoms with Crippen LogP contribution >= 0.6 is 11.6 Å². The number of amides is 1. The summed E-state index contributed by atoms with van der Waals surface area (Å²) in [6, 6.07) is 10.6. The molecule has 3 rings (SSSR count). The Morgan fingerprint density at radius 3 is 2.38 bits per heavy atom. The molecule has 5 nitrogen and oxygen atoms in total. The second kappa shape index (κ2) is 7.34. The molecule has 8 heteroatoms. The molecule has 0 aliphatic carbocycles. The van der Waals surface area contributed by atoms with Gasteiger partial charge in [0.15, 0.2) is 0 Å². The van der Waals surface area contributed by atoms with Crippen LogP contribution in [0.25, 0.3) is 0 Å². The molecule has 2 aromatic rings. The number of carbonyl (C=O) groups excluding carboxylic acids is 1. The number of halogens is 2. The Balaban J connectivity index is 1.71. The summed E-state index contributed by atoms with van der Waals surface area (Å²) in [6.45, 7) is 2.85. The lowest BCUT2D eigenvalue weighted by Crippen LogP contribution is -2.50. The number of nitrogens with zero attached hydrogens (tertiary/aromatic N) is 2. The molecule has 26 heavy (non-hydrogen) atoms. The molecule has 1 saturated heterocycles. The highest BCUT2D eigenvalue weighted by Crippen LogP contribution is 2.23. The van der Waals surface area contributed by atoms with Crippen LogP contribution in [0.2, 0.25) is 5.02 Å². The van der Waals surface area contributed by atoms with Crippen LogP contribution in [0.1, 0.15) is 15.9 Å². The molecule has 0 aromatic heterocycles. The molecule has 0 radical (unpaired) electrons. The van der Waals surface area contributed by atoms with E-state index in [1.165, 1.54) is 10.4 Å². The van der Waals surface area contributed by atoms with Crippen molar-refractivity contribution >= 4 is 27.5 Å². The van der Waals surface area contributed by atoms with Gasteiger partial charge in [-0.3, -0.25) is 4.79 Å². The summed E-state index contributed by atoms with van der Waals surface area (Å²) in [5.41, 5.74) is 1.58. The van der Waals surface area contributed by atoms with Crippen LogP contribution in [0.4, 0.5) is 4.39 Å². The van der Waals surface area contributed by atoms with Crippen LogP contribution in [0.5, 0.6) is 0 Å². The molecule has 0 saturated carbocycles. The summed E-state index contributed by atoms with van der Waals surface area (Å²) in [5, 5.41) is -0.237. The zero-order valence-electron chi connectivity index (χ0n) is 14.2. The molecule has 2 aromatic carbocycles. The molecule has 138 valence electrons. The van der Waals surface area contributed by atoms with E-state index in [-0.39, 0.29) is 28.9 Å². The molecule has 1 aliphatic heterocycles. The molecule has 1 fully saturated rings. The Bertz CT molecular complexity index is 941. The van der Waals surface area contributed by atoms with Gasteiger partial charge in [-0.2, -0.15) is 4.31 Å². The zero-order chi connectivity index (χ0) is 18.9. The van der Waals surface area contributed by atoms with Crippen LogP contribution in [0, 0.1) is 12.7 Å². The fraction of sp³-hybridized carbons (Fsp3) is 0.278. The van der Waals surface area contributed by atoms with E-state index >= 15 is 0 Å². The Morgan fingerprint density at radius 2 is 1.77 bits per heavy atom. The summed E-state index contributed by atoms with van der Waals surface area (Å²) in [6.07, 6.45) is 0. The normalized spacial score (nSPS) is 15.9. The molecule has 0 bridgehead atoms. The lowest BCUT2D eigenvalue weighted by molar-refractivity contribution is 0.0698. The molecule has 0 N–H and O–H groups in total. The van der Waals surface area contributed by atoms with Gasteiger partial charge in [0.25, 0.3) is 5.91 Å². The maximum Gasteiger partial charge on any atom is 0.253 e. The molecular formula is C18H18ClFN2O3S. The first-order valence-electron chi connectivity index (χ1n) is 8.10. The smallest absolute Gasteiger partial charge is 0.253 e. The zero-order valence-corrected chi connectivity index (χ0v) is 15.7. The van der Waals surface area contributed by atoms with E-state index < -0.39 is 15.8 Å². The number of carbonyl (C=O) groups is 1. The number of sulfonamides is 1. The van der Waals surface area contributed by atoms with Crippen molar-refractivity contribution < 1.29 is 17.6 Å². The van der Waals surface area contributed by atoms with Gasteiger partial charge in [-0.05, 0) is 37.3 Å². The lowest BCUT2D eigenvalue weighted by Gasteiger charge is -2.34. The maximum absolute atomic E-state index is 13.3. The van der Waals surface area contributed by atoms with Crippen molar-refractivity contribution in [3.8, 4) is 0 Å². The van der Waals surface area contributed by atoms with Gasteiger partial charge in [-0.25, -0.2) is 12.8 Å². The Kier molecular flexibility index (Phi) is 5.32. The molecule has 0 spiro atoms. The van der Waals surface area contributed by atoms with Gasteiger partial charge in [0.2, 0.25) is 10.0 Å². The van der Waals surface area contributed by atoms with Crippen LogP contribution in [-0.2, 0) is 10.0 Å². The van der Waals surface area contributed by atoms with Crippen molar-refractivity contribution in [1.29, 1.82) is 0 Å². The highest BCUT2D eigenvalue weighted by molar-refractivity contribution is 7.89. The van der Waals surface area contributed by atoms with Crippen LogP contribution in [0.3, 0.4) is 0 Å². The Morgan fingerprint density at radius 1 is 1.08 bits per heavy atom. The fourth-order valence-electron chi connectivity index (χ4n) is 2.88. The minimum Gasteiger partial charge on any atom is -0.336 e. The van der Waals surface area contributed by atoms with Crippen molar-refractivity contribution in [3.63, 3.8) is 0 Å². The predicted molar refractivity (Wildman–Crippen MR) is 97.3 cm³/mol. The molecule has 1 heterocycles. The van der Waals surface area contributed by atoms with Crippen molar-refractivity contribution in [2.75, 3.05) is 26.2 Å². The third-order valence-electron chi connectivity index (χ3n) is 4.32. The molecule has 1 aliphatic rings. The first-order chi connectivity index (χ1) is 12.3. The van der Waals surface area contributed by atoms with Gasteiger partial charge in [-0.1, -0.05) is 29.3 Å². The largest absolute Gasteiger partial charge is 0.336 e. The van der Waals surface area contributed by atoms with Gasteiger partial charge in [0, 0.05) is 31.7 Å². The third kappa shape index (κ3) is 3.75. The van der Waals surface area contributed by atoms with Crippen LogP contribution < -0.4 is 0 Å². The van der Waals surface area contributed by atoms with Gasteiger partial charge < -0.3 is 4.90 Å². The molecule has 0 atom stereocenters. The quantitative estimate of drug-likeness (QED) is 0.801. The monoisotopic (exact) mass is 396 g/mol. The SMILES string of the molecule is Cc1cccc(C(=O)N2CCN(S(=O)(=O)c3ccc(F)c(Cl)c3)CC2)c1. The number of hydrogen-bond acceptors (Lipinski definition) is 3. The maximum atomic E-state index is 13.3. The van der Waals surface area contributed by atoms with E-state index in [1.54, 1.807) is 11.0 Å². The van der Waals surface area contributed by atoms with E-state index in [4.69, 9.17) is 11.6 Å². The van der Waals surface area contributed by atoms with Gasteiger partial charge in [0.1, 0.15) is 5.82 Å². The van der Waals surface area contributed by atoms with E-state index in [2.05, 4.69) is 0 Å². The second-order valence-electron chi connectivity index (χ2n) is 6.14. The first kappa shape index (κ1) is 18.8. The highest BCUT2D eigenvalue weighted by atomic mass is 35.5. The summed E-state index contributed by atoms with van der Waals surface area (Å²) in [7, 11) is -3.78. The highest BCUT2D eigenvalue weighted by Gasteiger charge is 2.30. The predicted octanol–water partition coefficient (Wildman–Crippen LogP) is 2.93. The van der Waals surface area contributed by atoms with E-state index in [0.29, 0.717) is 18.7 Å². The fourth-order valence-corrected chi connectivity index (χ4v) is 4.57. The Hall–Kier alpha value is -1.96. The minimum absolute atomic E-state index is 0.0534. The van der Waals surface area contributed by atoms with Gasteiger partial charge in [0.05, 0.1) is 9.92 Å². The second-order valence-corrected chi connectivity index (χ2v) is 8.49. The first-order valence-corrected chi connectivity index (χ1v) is 9.92. The van der Waals surface area contributed by atoms with E-state index in [9.17, 15) is 17.6 Å². The van der Waals surface area contributed by atoms with Crippen LogP contribution in [0.15, 0.2) is 47.4 Å². The lowest BCUT2D eigenvalue weighted by atomic mass is 10.1. The van der Waals surface area contributed by atoms with Crippen molar-refractivity contribution in [1.82, 2.24) is 9.21 Å². The standard InChI is InChI=1S/C18H18ClFN2O3S/c1-13-3-2-4-14(11-13)18(23)21-7-9-22(10-8-21)26(24,25)15-5-6-17(20)16(19)12-15/h2-6,11-12H,7-10H2,1H3. The van der Waals surface area contributed by atoms with Crippen molar-refractivity contribution in [2.24, 2.45) is 0 Å². The molecule has 1 amide bonds. The van der Waals surface area contributed by atoms with Crippen molar-refractivity contribution in [2.45, 2.75) is 11.8 Å². The summed E-state index contributed by atoms with van der Waals surface area (Å²) in [4.78, 5) is 14.1. The topological polar surface area (TPSA) is 57.7 Å². The number of rotatable bonds is 3. The number of hydrogen-bond donors (Lipinski definition) is 0. The summed E-state index contributed by atoms with van der Waals surface area (Å²) >= 11 is 5.69. The van der Waals surface area contributed by atoms with E-state index in [1.807, 2.05) is 25.1 Å². The van der Waals surface area contributed by atoms with E-state index in [0.717, 1.165) is 17.7 Å². The number of benzene rings is 2. The Labute approximate surface area is 157 Å².